The maximum Gasteiger partial charge on any atom is 0.224 e. The first kappa shape index (κ1) is 17.2. The Kier molecular flexibility index (Phi) is 8.00. The van der Waals surface area contributed by atoms with Crippen LogP contribution >= 0.6 is 24.0 Å². The molecule has 0 bridgehead atoms. The third kappa shape index (κ3) is 4.48. The van der Waals surface area contributed by atoms with E-state index in [4.69, 9.17) is 11.6 Å². The zero-order valence-corrected chi connectivity index (χ0v) is 12.5. The Morgan fingerprint density at radius 2 is 2.06 bits per heavy atom. The molecule has 1 unspecified atom stereocenters. The van der Waals surface area contributed by atoms with Crippen LogP contribution in [0.15, 0.2) is 24.3 Å². The van der Waals surface area contributed by atoms with Crippen LogP contribution < -0.4 is 5.32 Å². The average molecular weight is 291 g/mol. The Morgan fingerprint density at radius 1 is 1.44 bits per heavy atom. The van der Waals surface area contributed by atoms with Gasteiger partial charge in [-0.1, -0.05) is 29.8 Å². The number of carbonyl (C=O) groups is 1. The van der Waals surface area contributed by atoms with E-state index in [1.54, 1.807) is 4.90 Å². The van der Waals surface area contributed by atoms with E-state index in [1.165, 1.54) is 0 Å². The molecule has 0 aliphatic carbocycles. The molecule has 18 heavy (non-hydrogen) atoms. The largest absolute Gasteiger partial charge is 0.339 e. The van der Waals surface area contributed by atoms with Gasteiger partial charge in [0.05, 0.1) is 6.04 Å². The van der Waals surface area contributed by atoms with Crippen LogP contribution in [0.5, 0.6) is 0 Å². The summed E-state index contributed by atoms with van der Waals surface area (Å²) < 4.78 is 0. The van der Waals surface area contributed by atoms with Crippen molar-refractivity contribution in [2.75, 3.05) is 20.6 Å². The summed E-state index contributed by atoms with van der Waals surface area (Å²) in [5.74, 6) is 0.117. The third-order valence-corrected chi connectivity index (χ3v) is 3.26. The second-order valence-corrected chi connectivity index (χ2v) is 4.46. The lowest BCUT2D eigenvalue weighted by Crippen LogP contribution is -2.31. The number of amides is 1. The zero-order valence-electron chi connectivity index (χ0n) is 10.9. The highest BCUT2D eigenvalue weighted by atomic mass is 35.5. The molecular weight excluding hydrogens is 271 g/mol. The Hall–Kier alpha value is -0.770. The molecule has 0 fully saturated rings. The van der Waals surface area contributed by atoms with E-state index in [2.05, 4.69) is 5.32 Å². The van der Waals surface area contributed by atoms with Crippen LogP contribution in [0.2, 0.25) is 5.02 Å². The molecule has 1 aromatic carbocycles. The Balaban J connectivity index is 0.00000289. The molecule has 1 atom stereocenters. The second kappa shape index (κ2) is 8.35. The lowest BCUT2D eigenvalue weighted by Gasteiger charge is -2.26. The summed E-state index contributed by atoms with van der Waals surface area (Å²) in [4.78, 5) is 13.6. The maximum atomic E-state index is 11.9. The first-order valence-electron chi connectivity index (χ1n) is 5.72. The summed E-state index contributed by atoms with van der Waals surface area (Å²) >= 11 is 6.12. The molecule has 3 nitrogen and oxygen atoms in total. The highest BCUT2D eigenvalue weighted by Gasteiger charge is 2.18. The molecule has 0 aliphatic heterocycles. The van der Waals surface area contributed by atoms with Gasteiger partial charge in [-0.25, -0.2) is 0 Å². The molecule has 1 amide bonds. The van der Waals surface area contributed by atoms with Gasteiger partial charge in [0.2, 0.25) is 5.91 Å². The van der Waals surface area contributed by atoms with E-state index in [-0.39, 0.29) is 24.4 Å². The second-order valence-electron chi connectivity index (χ2n) is 4.06. The number of hydrogen-bond donors (Lipinski definition) is 1. The SMILES string of the molecule is CNCCC(=O)N(C)C(C)c1ccccc1Cl.Cl. The molecule has 1 aromatic rings. The molecule has 0 heterocycles. The molecule has 0 radical (unpaired) electrons. The smallest absolute Gasteiger partial charge is 0.224 e. The van der Waals surface area contributed by atoms with E-state index >= 15 is 0 Å². The summed E-state index contributed by atoms with van der Waals surface area (Å²) in [7, 11) is 3.65. The Morgan fingerprint density at radius 3 is 2.61 bits per heavy atom. The van der Waals surface area contributed by atoms with Crippen molar-refractivity contribution in [3.05, 3.63) is 34.9 Å². The van der Waals surface area contributed by atoms with Gasteiger partial charge in [0.25, 0.3) is 0 Å². The molecule has 5 heteroatoms. The van der Waals surface area contributed by atoms with Crippen molar-refractivity contribution in [1.29, 1.82) is 0 Å². The minimum absolute atomic E-state index is 0. The number of nitrogens with one attached hydrogen (secondary N) is 1. The summed E-state index contributed by atoms with van der Waals surface area (Å²) in [5.41, 5.74) is 0.981. The lowest BCUT2D eigenvalue weighted by atomic mass is 10.1. The highest BCUT2D eigenvalue weighted by molar-refractivity contribution is 6.31. The highest BCUT2D eigenvalue weighted by Crippen LogP contribution is 2.26. The maximum absolute atomic E-state index is 11.9. The Labute approximate surface area is 120 Å². The lowest BCUT2D eigenvalue weighted by molar-refractivity contribution is -0.131. The van der Waals surface area contributed by atoms with Crippen LogP contribution in [-0.2, 0) is 4.79 Å². The van der Waals surface area contributed by atoms with Gasteiger partial charge in [0.15, 0.2) is 0 Å². The first-order chi connectivity index (χ1) is 8.07. The quantitative estimate of drug-likeness (QED) is 0.904. The van der Waals surface area contributed by atoms with Crippen molar-refractivity contribution in [3.8, 4) is 0 Å². The third-order valence-electron chi connectivity index (χ3n) is 2.92. The van der Waals surface area contributed by atoms with Gasteiger partial charge >= 0.3 is 0 Å². The van der Waals surface area contributed by atoms with Crippen LogP contribution in [0.25, 0.3) is 0 Å². The summed E-state index contributed by atoms with van der Waals surface area (Å²) in [6.07, 6.45) is 0.502. The molecule has 1 rings (SSSR count). The van der Waals surface area contributed by atoms with Crippen LogP contribution in [0.1, 0.15) is 24.9 Å². The molecular formula is C13H20Cl2N2O. The first-order valence-corrected chi connectivity index (χ1v) is 6.10. The summed E-state index contributed by atoms with van der Waals surface area (Å²) in [6.45, 7) is 2.68. The summed E-state index contributed by atoms with van der Waals surface area (Å²) in [6, 6.07) is 7.62. The normalized spacial score (nSPS) is 11.6. The molecule has 0 aromatic heterocycles. The monoisotopic (exact) mass is 290 g/mol. The van der Waals surface area contributed by atoms with Crippen molar-refractivity contribution in [3.63, 3.8) is 0 Å². The van der Waals surface area contributed by atoms with E-state index in [9.17, 15) is 4.79 Å². The minimum Gasteiger partial charge on any atom is -0.339 e. The number of halogens is 2. The van der Waals surface area contributed by atoms with Crippen molar-refractivity contribution in [2.24, 2.45) is 0 Å². The molecule has 0 saturated heterocycles. The fourth-order valence-corrected chi connectivity index (χ4v) is 1.94. The van der Waals surface area contributed by atoms with Crippen molar-refractivity contribution >= 4 is 29.9 Å². The average Bonchev–Trinajstić information content (AvgIpc) is 2.34. The van der Waals surface area contributed by atoms with Gasteiger partial charge in [-0.05, 0) is 25.6 Å². The van der Waals surface area contributed by atoms with Crippen LogP contribution in [-0.4, -0.2) is 31.4 Å². The van der Waals surface area contributed by atoms with Crippen LogP contribution in [0, 0.1) is 0 Å². The molecule has 102 valence electrons. The predicted octanol–water partition coefficient (Wildman–Crippen LogP) is 2.89. The molecule has 1 N–H and O–H groups in total. The standard InChI is InChI=1S/C13H19ClN2O.ClH/c1-10(11-6-4-5-7-12(11)14)16(3)13(17)8-9-15-2;/h4-7,10,15H,8-9H2,1-3H3;1H. The van der Waals surface area contributed by atoms with Gasteiger partial charge in [0, 0.05) is 25.0 Å². The topological polar surface area (TPSA) is 32.3 Å². The molecule has 0 spiro atoms. The van der Waals surface area contributed by atoms with Gasteiger partial charge < -0.3 is 10.2 Å². The van der Waals surface area contributed by atoms with E-state index in [0.717, 1.165) is 5.56 Å². The van der Waals surface area contributed by atoms with Gasteiger partial charge in [0.1, 0.15) is 0 Å². The number of nitrogens with zero attached hydrogens (tertiary/aromatic N) is 1. The fraction of sp³-hybridized carbons (Fsp3) is 0.462. The summed E-state index contributed by atoms with van der Waals surface area (Å²) in [5, 5.41) is 3.67. The van der Waals surface area contributed by atoms with Crippen molar-refractivity contribution < 1.29 is 4.79 Å². The van der Waals surface area contributed by atoms with Crippen LogP contribution in [0.3, 0.4) is 0 Å². The van der Waals surface area contributed by atoms with Gasteiger partial charge in [-0.15, -0.1) is 12.4 Å². The van der Waals surface area contributed by atoms with E-state index in [1.807, 2.05) is 45.3 Å². The number of rotatable bonds is 5. The van der Waals surface area contributed by atoms with E-state index in [0.29, 0.717) is 18.0 Å². The number of benzene rings is 1. The number of carbonyl (C=O) groups excluding carboxylic acids is 1. The Bertz CT molecular complexity index is 385. The van der Waals surface area contributed by atoms with Gasteiger partial charge in [-0.3, -0.25) is 4.79 Å². The van der Waals surface area contributed by atoms with Gasteiger partial charge in [-0.2, -0.15) is 0 Å². The van der Waals surface area contributed by atoms with E-state index < -0.39 is 0 Å². The minimum atomic E-state index is -0.00643. The van der Waals surface area contributed by atoms with Crippen LogP contribution in [0.4, 0.5) is 0 Å². The molecule has 0 saturated carbocycles. The fourth-order valence-electron chi connectivity index (χ4n) is 1.65. The molecule has 0 aliphatic rings. The zero-order chi connectivity index (χ0) is 12.8. The van der Waals surface area contributed by atoms with Crippen molar-refractivity contribution in [1.82, 2.24) is 10.2 Å². The predicted molar refractivity (Wildman–Crippen MR) is 78.4 cm³/mol. The van der Waals surface area contributed by atoms with Crippen molar-refractivity contribution in [2.45, 2.75) is 19.4 Å². The number of hydrogen-bond acceptors (Lipinski definition) is 2.